The van der Waals surface area contributed by atoms with E-state index in [1.54, 1.807) is 12.1 Å². The van der Waals surface area contributed by atoms with Crippen molar-refractivity contribution in [3.8, 4) is 24.7 Å². The molecule has 0 heterocycles. The number of hydrogen-bond donors (Lipinski definition) is 0. The third kappa shape index (κ3) is 2.15. The lowest BCUT2D eigenvalue weighted by molar-refractivity contribution is -0.140. The second-order valence-electron chi connectivity index (χ2n) is 6.58. The van der Waals surface area contributed by atoms with Crippen LogP contribution in [0.4, 0.5) is 0 Å². The van der Waals surface area contributed by atoms with Crippen LogP contribution in [0.25, 0.3) is 0 Å². The SMILES string of the molecule is C#Cc1ccc(C#C)c2c1C1C(C(=O)OC)=C(C(=O)OC)C2c2ccccc21. The van der Waals surface area contributed by atoms with Gasteiger partial charge in [0, 0.05) is 23.0 Å². The minimum absolute atomic E-state index is 0.260. The molecule has 136 valence electrons. The minimum atomic E-state index is -0.579. The molecular formula is C24H16O4. The Labute approximate surface area is 163 Å². The topological polar surface area (TPSA) is 52.6 Å². The van der Waals surface area contributed by atoms with Gasteiger partial charge in [-0.2, -0.15) is 0 Å². The number of carbonyl (C=O) groups is 2. The maximum absolute atomic E-state index is 12.8. The van der Waals surface area contributed by atoms with Gasteiger partial charge in [0.2, 0.25) is 0 Å². The summed E-state index contributed by atoms with van der Waals surface area (Å²) in [5.74, 6) is 3.15. The number of carbonyl (C=O) groups excluding carboxylic acids is 2. The summed E-state index contributed by atoms with van der Waals surface area (Å²) < 4.78 is 10.1. The first-order chi connectivity index (χ1) is 13.6. The highest BCUT2D eigenvalue weighted by atomic mass is 16.5. The zero-order valence-electron chi connectivity index (χ0n) is 15.4. The fraction of sp³-hybridized carbons (Fsp3) is 0.167. The molecule has 0 aromatic heterocycles. The highest BCUT2D eigenvalue weighted by Crippen LogP contribution is 2.57. The predicted molar refractivity (Wildman–Crippen MR) is 103 cm³/mol. The van der Waals surface area contributed by atoms with Crippen LogP contribution in [0.3, 0.4) is 0 Å². The van der Waals surface area contributed by atoms with E-state index < -0.39 is 23.8 Å². The third-order valence-electron chi connectivity index (χ3n) is 5.47. The third-order valence-corrected chi connectivity index (χ3v) is 5.47. The molecule has 0 saturated carbocycles. The molecule has 2 aromatic rings. The van der Waals surface area contributed by atoms with Crippen molar-refractivity contribution in [2.45, 2.75) is 11.8 Å². The highest BCUT2D eigenvalue weighted by molar-refractivity contribution is 6.06. The van der Waals surface area contributed by atoms with Crippen LogP contribution in [-0.2, 0) is 19.1 Å². The number of hydrogen-bond acceptors (Lipinski definition) is 4. The maximum Gasteiger partial charge on any atom is 0.335 e. The van der Waals surface area contributed by atoms with E-state index in [1.165, 1.54) is 14.2 Å². The second kappa shape index (κ2) is 6.44. The molecule has 2 unspecified atom stereocenters. The molecule has 0 aliphatic heterocycles. The maximum atomic E-state index is 12.8. The first-order valence-electron chi connectivity index (χ1n) is 8.68. The van der Waals surface area contributed by atoms with Gasteiger partial charge >= 0.3 is 11.9 Å². The fourth-order valence-corrected chi connectivity index (χ4v) is 4.44. The van der Waals surface area contributed by atoms with Crippen LogP contribution in [0.15, 0.2) is 47.5 Å². The van der Waals surface area contributed by atoms with E-state index in [0.29, 0.717) is 11.1 Å². The standard InChI is InChI=1S/C24H16O4/c1-5-13-11-12-14(6-2)18-17(13)19-15-9-7-8-10-16(15)20(18)22(24(26)28-4)21(19)23(25)27-3/h1-2,7-12,19-20H,3-4H3. The summed E-state index contributed by atoms with van der Waals surface area (Å²) in [5, 5.41) is 0. The number of ether oxygens (including phenoxy) is 2. The Morgan fingerprint density at radius 3 is 1.50 bits per heavy atom. The molecule has 0 N–H and O–H groups in total. The van der Waals surface area contributed by atoms with Crippen molar-refractivity contribution < 1.29 is 19.1 Å². The van der Waals surface area contributed by atoms with Crippen molar-refractivity contribution in [1.82, 2.24) is 0 Å². The Morgan fingerprint density at radius 2 is 1.18 bits per heavy atom. The van der Waals surface area contributed by atoms with Gasteiger partial charge in [0.05, 0.1) is 25.4 Å². The Hall–Kier alpha value is -3.76. The summed E-state index contributed by atoms with van der Waals surface area (Å²) >= 11 is 0. The fourth-order valence-electron chi connectivity index (χ4n) is 4.44. The number of benzene rings is 2. The van der Waals surface area contributed by atoms with Crippen LogP contribution in [0.5, 0.6) is 0 Å². The molecule has 0 spiro atoms. The largest absolute Gasteiger partial charge is 0.466 e. The van der Waals surface area contributed by atoms with E-state index in [2.05, 4.69) is 11.8 Å². The molecule has 0 amide bonds. The zero-order chi connectivity index (χ0) is 20.0. The van der Waals surface area contributed by atoms with E-state index in [9.17, 15) is 9.59 Å². The average Bonchev–Trinajstić information content (AvgIpc) is 2.76. The molecule has 2 bridgehead atoms. The smallest absolute Gasteiger partial charge is 0.335 e. The lowest BCUT2D eigenvalue weighted by atomic mass is 9.59. The average molecular weight is 368 g/mol. The van der Waals surface area contributed by atoms with Crippen molar-refractivity contribution in [2.24, 2.45) is 0 Å². The number of methoxy groups -OCH3 is 2. The van der Waals surface area contributed by atoms with Crippen molar-refractivity contribution in [1.29, 1.82) is 0 Å². The first-order valence-corrected chi connectivity index (χ1v) is 8.68. The molecule has 0 saturated heterocycles. The van der Waals surface area contributed by atoms with Gasteiger partial charge < -0.3 is 9.47 Å². The number of rotatable bonds is 2. The number of terminal acetylenes is 2. The summed E-state index contributed by atoms with van der Waals surface area (Å²) in [5.41, 5.74) is 5.21. The number of esters is 2. The minimum Gasteiger partial charge on any atom is -0.466 e. The second-order valence-corrected chi connectivity index (χ2v) is 6.58. The van der Waals surface area contributed by atoms with E-state index in [-0.39, 0.29) is 11.1 Å². The summed E-state index contributed by atoms with van der Waals surface area (Å²) in [6.45, 7) is 0. The molecule has 2 aromatic carbocycles. The molecule has 0 radical (unpaired) electrons. The molecular weight excluding hydrogens is 352 g/mol. The molecule has 5 rings (SSSR count). The van der Waals surface area contributed by atoms with E-state index >= 15 is 0 Å². The van der Waals surface area contributed by atoms with Gasteiger partial charge in [0.15, 0.2) is 0 Å². The van der Waals surface area contributed by atoms with Crippen molar-refractivity contribution >= 4 is 11.9 Å². The highest BCUT2D eigenvalue weighted by Gasteiger charge is 2.49. The molecule has 3 aliphatic rings. The van der Waals surface area contributed by atoms with Crippen molar-refractivity contribution in [2.75, 3.05) is 14.2 Å². The predicted octanol–water partition coefficient (Wildman–Crippen LogP) is 2.88. The Balaban J connectivity index is 2.19. The summed E-state index contributed by atoms with van der Waals surface area (Å²) in [7, 11) is 2.58. The van der Waals surface area contributed by atoms with Crippen LogP contribution in [0.1, 0.15) is 45.2 Å². The lowest BCUT2D eigenvalue weighted by Gasteiger charge is -2.42. The monoisotopic (exact) mass is 368 g/mol. The van der Waals surface area contributed by atoms with E-state index in [0.717, 1.165) is 22.3 Å². The van der Waals surface area contributed by atoms with Gasteiger partial charge in [0.1, 0.15) is 0 Å². The molecule has 2 atom stereocenters. The normalized spacial score (nSPS) is 18.4. The van der Waals surface area contributed by atoms with Crippen LogP contribution in [-0.4, -0.2) is 26.2 Å². The van der Waals surface area contributed by atoms with Crippen molar-refractivity contribution in [3.63, 3.8) is 0 Å². The van der Waals surface area contributed by atoms with Gasteiger partial charge in [-0.25, -0.2) is 9.59 Å². The van der Waals surface area contributed by atoms with Crippen LogP contribution in [0.2, 0.25) is 0 Å². The summed E-state index contributed by atoms with van der Waals surface area (Å²) in [4.78, 5) is 25.6. The van der Waals surface area contributed by atoms with Gasteiger partial charge in [-0.15, -0.1) is 12.8 Å². The summed E-state index contributed by atoms with van der Waals surface area (Å²) in [6, 6.07) is 11.2. The first kappa shape index (κ1) is 17.6. The van der Waals surface area contributed by atoms with Crippen molar-refractivity contribution in [3.05, 3.63) is 80.9 Å². The van der Waals surface area contributed by atoms with E-state index in [4.69, 9.17) is 22.3 Å². The quantitative estimate of drug-likeness (QED) is 0.604. The molecule has 4 nitrogen and oxygen atoms in total. The van der Waals surface area contributed by atoms with Gasteiger partial charge in [0.25, 0.3) is 0 Å². The van der Waals surface area contributed by atoms with Gasteiger partial charge in [-0.05, 0) is 34.4 Å². The Bertz CT molecular complexity index is 1060. The Kier molecular flexibility index (Phi) is 4.06. The Morgan fingerprint density at radius 1 is 0.786 bits per heavy atom. The summed E-state index contributed by atoms with van der Waals surface area (Å²) in [6.07, 6.45) is 11.5. The van der Waals surface area contributed by atoms with Gasteiger partial charge in [-0.3, -0.25) is 0 Å². The van der Waals surface area contributed by atoms with Gasteiger partial charge in [-0.1, -0.05) is 36.1 Å². The molecule has 28 heavy (non-hydrogen) atoms. The molecule has 4 heteroatoms. The van der Waals surface area contributed by atoms with Crippen LogP contribution in [0, 0.1) is 24.7 Å². The lowest BCUT2D eigenvalue weighted by Crippen LogP contribution is -2.36. The zero-order valence-corrected chi connectivity index (χ0v) is 15.4. The molecule has 3 aliphatic carbocycles. The molecule has 0 fully saturated rings. The van der Waals surface area contributed by atoms with E-state index in [1.807, 2.05) is 24.3 Å². The van der Waals surface area contributed by atoms with Crippen LogP contribution >= 0.6 is 0 Å². The van der Waals surface area contributed by atoms with Crippen LogP contribution < -0.4 is 0 Å².